The van der Waals surface area contributed by atoms with Gasteiger partial charge in [-0.3, -0.25) is 0 Å². The Morgan fingerprint density at radius 1 is 1.38 bits per heavy atom. The Balaban J connectivity index is 1.78. The van der Waals surface area contributed by atoms with Gasteiger partial charge in [0.25, 0.3) is 0 Å². The van der Waals surface area contributed by atoms with Crippen molar-refractivity contribution in [3.8, 4) is 0 Å². The van der Waals surface area contributed by atoms with Crippen LogP contribution in [0.5, 0.6) is 0 Å². The van der Waals surface area contributed by atoms with Crippen LogP contribution in [-0.4, -0.2) is 23.3 Å². The minimum atomic E-state index is 0.703. The molecule has 1 fully saturated rings. The molecular weight excluding hydrogens is 236 g/mol. The average molecular weight is 250 g/mol. The summed E-state index contributed by atoms with van der Waals surface area (Å²) in [6.45, 7) is 2.30. The summed E-state index contributed by atoms with van der Waals surface area (Å²) in [5, 5.41) is 4.15. The average Bonchev–Trinajstić information content (AvgIpc) is 2.72. The van der Waals surface area contributed by atoms with Gasteiger partial charge in [-0.05, 0) is 31.5 Å². The van der Waals surface area contributed by atoms with E-state index in [1.54, 1.807) is 0 Å². The van der Waals surface area contributed by atoms with Gasteiger partial charge in [0.05, 0.1) is 10.2 Å². The molecule has 2 heterocycles. The number of para-hydroxylation sites is 1. The van der Waals surface area contributed by atoms with Gasteiger partial charge in [0, 0.05) is 11.8 Å². The molecule has 4 heteroatoms. The fraction of sp³-hybridized carbons (Fsp3) is 0.417. The van der Waals surface area contributed by atoms with E-state index >= 15 is 0 Å². The number of fused-ring (bicyclic) bond motifs is 1. The number of rotatable bonds is 2. The lowest BCUT2D eigenvalue weighted by Gasteiger charge is -2.20. The number of nitrogens with one attached hydrogen (secondary N) is 1. The van der Waals surface area contributed by atoms with Crippen LogP contribution in [0.4, 0.5) is 0 Å². The summed E-state index contributed by atoms with van der Waals surface area (Å²) in [5.74, 6) is 0. The molecule has 3 rings (SSSR count). The highest BCUT2D eigenvalue weighted by Crippen LogP contribution is 2.33. The quantitative estimate of drug-likeness (QED) is 0.886. The Morgan fingerprint density at radius 2 is 2.31 bits per heavy atom. The minimum absolute atomic E-state index is 0.703. The van der Waals surface area contributed by atoms with E-state index in [1.165, 1.54) is 28.4 Å². The third-order valence-corrected chi connectivity index (χ3v) is 5.19. The van der Waals surface area contributed by atoms with Gasteiger partial charge in [0.15, 0.2) is 4.34 Å². The van der Waals surface area contributed by atoms with Gasteiger partial charge in [0.2, 0.25) is 0 Å². The van der Waals surface area contributed by atoms with E-state index in [-0.39, 0.29) is 0 Å². The summed E-state index contributed by atoms with van der Waals surface area (Å²) < 4.78 is 2.52. The second-order valence-electron chi connectivity index (χ2n) is 4.03. The number of piperidine rings is 1. The Hall–Kier alpha value is -0.580. The van der Waals surface area contributed by atoms with Gasteiger partial charge < -0.3 is 5.32 Å². The molecule has 1 saturated heterocycles. The topological polar surface area (TPSA) is 24.9 Å². The summed E-state index contributed by atoms with van der Waals surface area (Å²) in [5.41, 5.74) is 1.14. The van der Waals surface area contributed by atoms with Gasteiger partial charge in [-0.15, -0.1) is 11.3 Å². The monoisotopic (exact) mass is 250 g/mol. The zero-order valence-corrected chi connectivity index (χ0v) is 10.6. The second kappa shape index (κ2) is 4.73. The lowest BCUT2D eigenvalue weighted by atomic mass is 10.2. The fourth-order valence-corrected chi connectivity index (χ4v) is 4.45. The Bertz CT molecular complexity index is 442. The van der Waals surface area contributed by atoms with Crippen LogP contribution in [0.2, 0.25) is 0 Å². The van der Waals surface area contributed by atoms with E-state index in [0.717, 1.165) is 12.1 Å². The first-order chi connectivity index (χ1) is 7.92. The van der Waals surface area contributed by atoms with Crippen molar-refractivity contribution in [2.24, 2.45) is 0 Å². The van der Waals surface area contributed by atoms with Gasteiger partial charge in [-0.25, -0.2) is 4.98 Å². The van der Waals surface area contributed by atoms with E-state index in [2.05, 4.69) is 34.6 Å². The van der Waals surface area contributed by atoms with Crippen LogP contribution in [0.25, 0.3) is 10.2 Å². The van der Waals surface area contributed by atoms with E-state index in [1.807, 2.05) is 23.1 Å². The van der Waals surface area contributed by atoms with Crippen molar-refractivity contribution >= 4 is 33.3 Å². The van der Waals surface area contributed by atoms with Crippen molar-refractivity contribution in [3.05, 3.63) is 24.3 Å². The molecule has 0 aliphatic carbocycles. The lowest BCUT2D eigenvalue weighted by Crippen LogP contribution is -2.31. The number of thioether (sulfide) groups is 1. The number of thiazole rings is 1. The molecule has 2 nitrogen and oxygen atoms in total. The molecule has 1 aromatic carbocycles. The van der Waals surface area contributed by atoms with Crippen LogP contribution in [0, 0.1) is 0 Å². The van der Waals surface area contributed by atoms with Crippen molar-refractivity contribution in [2.45, 2.75) is 22.4 Å². The van der Waals surface area contributed by atoms with Gasteiger partial charge in [-0.1, -0.05) is 23.9 Å². The van der Waals surface area contributed by atoms with Crippen LogP contribution in [0.3, 0.4) is 0 Å². The van der Waals surface area contributed by atoms with Gasteiger partial charge >= 0.3 is 0 Å². The predicted octanol–water partition coefficient (Wildman–Crippen LogP) is 3.14. The molecule has 0 amide bonds. The van der Waals surface area contributed by atoms with Crippen LogP contribution in [0.1, 0.15) is 12.8 Å². The molecule has 16 heavy (non-hydrogen) atoms. The molecule has 2 aromatic rings. The number of hydrogen-bond donors (Lipinski definition) is 1. The van der Waals surface area contributed by atoms with Crippen LogP contribution < -0.4 is 5.32 Å². The van der Waals surface area contributed by atoms with Crippen LogP contribution in [-0.2, 0) is 0 Å². The van der Waals surface area contributed by atoms with Crippen LogP contribution >= 0.6 is 23.1 Å². The maximum atomic E-state index is 4.66. The number of nitrogens with zero attached hydrogens (tertiary/aromatic N) is 1. The van der Waals surface area contributed by atoms with Crippen LogP contribution in [0.15, 0.2) is 28.6 Å². The van der Waals surface area contributed by atoms with Crippen molar-refractivity contribution < 1.29 is 0 Å². The molecule has 1 atom stereocenters. The third-order valence-electron chi connectivity index (χ3n) is 2.79. The number of aromatic nitrogens is 1. The van der Waals surface area contributed by atoms with E-state index < -0.39 is 0 Å². The normalized spacial score (nSPS) is 21.4. The Morgan fingerprint density at radius 3 is 3.12 bits per heavy atom. The summed E-state index contributed by atoms with van der Waals surface area (Å²) >= 11 is 3.75. The first-order valence-corrected chi connectivity index (χ1v) is 7.34. The molecule has 1 aromatic heterocycles. The van der Waals surface area contributed by atoms with Crippen molar-refractivity contribution in [1.29, 1.82) is 0 Å². The molecule has 1 aliphatic heterocycles. The molecule has 0 radical (unpaired) electrons. The van der Waals surface area contributed by atoms with Crippen molar-refractivity contribution in [1.82, 2.24) is 10.3 Å². The summed E-state index contributed by atoms with van der Waals surface area (Å²) in [6.07, 6.45) is 2.61. The Labute approximate surface area is 103 Å². The molecule has 1 aliphatic rings. The maximum Gasteiger partial charge on any atom is 0.151 e. The lowest BCUT2D eigenvalue weighted by molar-refractivity contribution is 0.531. The summed E-state index contributed by atoms with van der Waals surface area (Å²) in [6, 6.07) is 8.38. The SMILES string of the molecule is c1ccc2sc(S[C@H]3CCCNC3)nc2c1. The zero-order chi connectivity index (χ0) is 10.8. The number of hydrogen-bond acceptors (Lipinski definition) is 4. The molecule has 0 spiro atoms. The van der Waals surface area contributed by atoms with Crippen molar-refractivity contribution in [3.63, 3.8) is 0 Å². The zero-order valence-electron chi connectivity index (χ0n) is 8.98. The second-order valence-corrected chi connectivity index (χ2v) is 6.61. The summed E-state index contributed by atoms with van der Waals surface area (Å²) in [7, 11) is 0. The highest BCUT2D eigenvalue weighted by atomic mass is 32.2. The van der Waals surface area contributed by atoms with Crippen molar-refractivity contribution in [2.75, 3.05) is 13.1 Å². The highest BCUT2D eigenvalue weighted by Gasteiger charge is 2.16. The molecular formula is C12H14N2S2. The standard InChI is InChI=1S/C12H14N2S2/c1-2-6-11-10(5-1)14-12(16-11)15-9-4-3-7-13-8-9/h1-2,5-6,9,13H,3-4,7-8H2/t9-/m0/s1. The fourth-order valence-electron chi connectivity index (χ4n) is 1.96. The molecule has 1 N–H and O–H groups in total. The van der Waals surface area contributed by atoms with Gasteiger partial charge in [0.1, 0.15) is 0 Å². The molecule has 0 bridgehead atoms. The van der Waals surface area contributed by atoms with E-state index in [4.69, 9.17) is 0 Å². The Kier molecular flexibility index (Phi) is 3.13. The van der Waals surface area contributed by atoms with Gasteiger partial charge in [-0.2, -0.15) is 0 Å². The first kappa shape index (κ1) is 10.6. The molecule has 84 valence electrons. The minimum Gasteiger partial charge on any atom is -0.316 e. The third kappa shape index (κ3) is 2.24. The highest BCUT2D eigenvalue weighted by molar-refractivity contribution is 8.01. The molecule has 0 unspecified atom stereocenters. The first-order valence-electron chi connectivity index (χ1n) is 5.65. The molecule has 0 saturated carbocycles. The largest absolute Gasteiger partial charge is 0.316 e. The summed E-state index contributed by atoms with van der Waals surface area (Å²) in [4.78, 5) is 4.66. The van der Waals surface area contributed by atoms with E-state index in [9.17, 15) is 0 Å². The smallest absolute Gasteiger partial charge is 0.151 e. The maximum absolute atomic E-state index is 4.66. The van der Waals surface area contributed by atoms with E-state index in [0.29, 0.717) is 5.25 Å². The number of benzene rings is 1. The predicted molar refractivity (Wildman–Crippen MR) is 71.4 cm³/mol.